The molecule has 0 rings (SSSR count). The van der Waals surface area contributed by atoms with E-state index in [1.165, 1.54) is 7.11 Å². The third-order valence-electron chi connectivity index (χ3n) is 2.53. The first-order chi connectivity index (χ1) is 8.89. The number of ether oxygens (including phenoxy) is 3. The predicted octanol–water partition coefficient (Wildman–Crippen LogP) is 0.0109. The summed E-state index contributed by atoms with van der Waals surface area (Å²) < 4.78 is 14.2. The van der Waals surface area contributed by atoms with Crippen LogP contribution < -0.4 is 5.73 Å². The van der Waals surface area contributed by atoms with Crippen molar-refractivity contribution in [1.29, 1.82) is 0 Å². The Labute approximate surface area is 112 Å². The highest BCUT2D eigenvalue weighted by Crippen LogP contribution is 2.23. The average Bonchev–Trinajstić information content (AvgIpc) is 2.37. The van der Waals surface area contributed by atoms with Crippen LogP contribution in [0.3, 0.4) is 0 Å². The minimum Gasteiger partial charge on any atom is -0.469 e. The molecule has 0 saturated heterocycles. The molecule has 0 aliphatic heterocycles. The Bertz CT molecular complexity index is 330. The van der Waals surface area contributed by atoms with E-state index in [1.807, 2.05) is 0 Å². The van der Waals surface area contributed by atoms with Crippen molar-refractivity contribution in [3.63, 3.8) is 0 Å². The van der Waals surface area contributed by atoms with Crippen LogP contribution in [0.25, 0.3) is 0 Å². The first kappa shape index (κ1) is 17.4. The van der Waals surface area contributed by atoms with Gasteiger partial charge in [-0.05, 0) is 26.8 Å². The van der Waals surface area contributed by atoms with Gasteiger partial charge in [0.15, 0.2) is 0 Å². The third kappa shape index (κ3) is 6.19. The molecule has 0 spiro atoms. The Morgan fingerprint density at radius 2 is 1.79 bits per heavy atom. The zero-order chi connectivity index (χ0) is 14.9. The number of carbonyl (C=O) groups is 3. The molecule has 7 nitrogen and oxygen atoms in total. The second-order valence-electron chi connectivity index (χ2n) is 4.23. The van der Waals surface area contributed by atoms with E-state index < -0.39 is 29.7 Å². The number of carbonyl (C=O) groups excluding carboxylic acids is 3. The van der Waals surface area contributed by atoms with Gasteiger partial charge in [0, 0.05) is 0 Å². The second-order valence-corrected chi connectivity index (χ2v) is 4.23. The van der Waals surface area contributed by atoms with Gasteiger partial charge in [-0.1, -0.05) is 0 Å². The Kier molecular flexibility index (Phi) is 7.74. The molecular weight excluding hydrogens is 254 g/mol. The van der Waals surface area contributed by atoms with Crippen LogP contribution in [-0.2, 0) is 28.6 Å². The average molecular weight is 275 g/mol. The van der Waals surface area contributed by atoms with E-state index in [0.717, 1.165) is 0 Å². The molecule has 2 N–H and O–H groups in total. The zero-order valence-electron chi connectivity index (χ0n) is 11.6. The summed E-state index contributed by atoms with van der Waals surface area (Å²) in [5.74, 6) is -1.92. The fourth-order valence-corrected chi connectivity index (χ4v) is 1.34. The molecule has 0 saturated carbocycles. The molecule has 0 aromatic carbocycles. The van der Waals surface area contributed by atoms with Crippen LogP contribution >= 0.6 is 0 Å². The van der Waals surface area contributed by atoms with E-state index in [-0.39, 0.29) is 19.8 Å². The SMILES string of the molecule is CCOC(=O)C(C)(CCN)COC(=O)CC(=O)OC. The van der Waals surface area contributed by atoms with Gasteiger partial charge in [0.05, 0.1) is 13.7 Å². The van der Waals surface area contributed by atoms with Crippen molar-refractivity contribution in [1.82, 2.24) is 0 Å². The maximum Gasteiger partial charge on any atom is 0.317 e. The lowest BCUT2D eigenvalue weighted by Gasteiger charge is -2.25. The van der Waals surface area contributed by atoms with Gasteiger partial charge in [-0.3, -0.25) is 14.4 Å². The Balaban J connectivity index is 4.46. The van der Waals surface area contributed by atoms with E-state index in [0.29, 0.717) is 6.42 Å². The Morgan fingerprint density at radius 1 is 1.16 bits per heavy atom. The molecule has 0 aromatic heterocycles. The maximum atomic E-state index is 11.8. The number of rotatable bonds is 8. The van der Waals surface area contributed by atoms with Crippen molar-refractivity contribution in [2.45, 2.75) is 26.7 Å². The van der Waals surface area contributed by atoms with Crippen LogP contribution in [0.2, 0.25) is 0 Å². The second kappa shape index (κ2) is 8.47. The van der Waals surface area contributed by atoms with Crippen molar-refractivity contribution >= 4 is 17.9 Å². The fourth-order valence-electron chi connectivity index (χ4n) is 1.34. The lowest BCUT2D eigenvalue weighted by Crippen LogP contribution is -2.37. The molecule has 19 heavy (non-hydrogen) atoms. The highest BCUT2D eigenvalue weighted by Gasteiger charge is 2.35. The molecule has 0 aromatic rings. The van der Waals surface area contributed by atoms with E-state index in [1.54, 1.807) is 13.8 Å². The molecule has 1 unspecified atom stereocenters. The van der Waals surface area contributed by atoms with Gasteiger partial charge in [0.25, 0.3) is 0 Å². The van der Waals surface area contributed by atoms with Crippen LogP contribution in [0.15, 0.2) is 0 Å². The van der Waals surface area contributed by atoms with Crippen molar-refractivity contribution in [3.8, 4) is 0 Å². The van der Waals surface area contributed by atoms with E-state index in [4.69, 9.17) is 15.2 Å². The lowest BCUT2D eigenvalue weighted by molar-refractivity contribution is -0.164. The van der Waals surface area contributed by atoms with Crippen molar-refractivity contribution < 1.29 is 28.6 Å². The summed E-state index contributed by atoms with van der Waals surface area (Å²) in [6, 6.07) is 0. The zero-order valence-corrected chi connectivity index (χ0v) is 11.6. The minimum absolute atomic E-state index is 0.182. The summed E-state index contributed by atoms with van der Waals surface area (Å²) in [5.41, 5.74) is 4.43. The summed E-state index contributed by atoms with van der Waals surface area (Å²) in [6.45, 7) is 3.59. The summed E-state index contributed by atoms with van der Waals surface area (Å²) in [4.78, 5) is 34.0. The topological polar surface area (TPSA) is 105 Å². The molecular formula is C12H21NO6. The fraction of sp³-hybridized carbons (Fsp3) is 0.750. The first-order valence-electron chi connectivity index (χ1n) is 5.99. The van der Waals surface area contributed by atoms with Gasteiger partial charge in [-0.2, -0.15) is 0 Å². The van der Waals surface area contributed by atoms with Crippen LogP contribution in [0, 0.1) is 5.41 Å². The highest BCUT2D eigenvalue weighted by atomic mass is 16.6. The molecule has 1 atom stereocenters. The smallest absolute Gasteiger partial charge is 0.317 e. The molecule has 110 valence electrons. The van der Waals surface area contributed by atoms with E-state index in [9.17, 15) is 14.4 Å². The summed E-state index contributed by atoms with van der Waals surface area (Å²) in [5, 5.41) is 0. The monoisotopic (exact) mass is 275 g/mol. The van der Waals surface area contributed by atoms with E-state index in [2.05, 4.69) is 4.74 Å². The number of hydrogen-bond donors (Lipinski definition) is 1. The van der Waals surface area contributed by atoms with E-state index >= 15 is 0 Å². The van der Waals surface area contributed by atoms with Crippen LogP contribution in [0.5, 0.6) is 0 Å². The third-order valence-corrected chi connectivity index (χ3v) is 2.53. The van der Waals surface area contributed by atoms with Gasteiger partial charge >= 0.3 is 17.9 Å². The number of nitrogens with two attached hydrogens (primary N) is 1. The van der Waals surface area contributed by atoms with Crippen molar-refractivity contribution in [2.24, 2.45) is 11.1 Å². The molecule has 0 fully saturated rings. The standard InChI is InChI=1S/C12H21NO6/c1-4-18-11(16)12(2,5-6-13)8-19-10(15)7-9(14)17-3/h4-8,13H2,1-3H3. The van der Waals surface area contributed by atoms with Gasteiger partial charge in [0.2, 0.25) is 0 Å². The van der Waals surface area contributed by atoms with Gasteiger partial charge in [-0.15, -0.1) is 0 Å². The number of methoxy groups -OCH3 is 1. The molecule has 0 aliphatic rings. The minimum atomic E-state index is -1.00. The Morgan fingerprint density at radius 3 is 2.26 bits per heavy atom. The number of esters is 3. The summed E-state index contributed by atoms with van der Waals surface area (Å²) in [7, 11) is 1.17. The maximum absolute atomic E-state index is 11.8. The van der Waals surface area contributed by atoms with Gasteiger partial charge in [0.1, 0.15) is 18.4 Å². The molecule has 0 heterocycles. The lowest BCUT2D eigenvalue weighted by atomic mass is 9.88. The van der Waals surface area contributed by atoms with Crippen LogP contribution in [-0.4, -0.2) is 44.8 Å². The molecule has 0 radical (unpaired) electrons. The highest BCUT2D eigenvalue weighted by molar-refractivity contribution is 5.91. The first-order valence-corrected chi connectivity index (χ1v) is 5.99. The predicted molar refractivity (Wildman–Crippen MR) is 66.0 cm³/mol. The van der Waals surface area contributed by atoms with Gasteiger partial charge < -0.3 is 19.9 Å². The van der Waals surface area contributed by atoms with Crippen LogP contribution in [0.1, 0.15) is 26.7 Å². The van der Waals surface area contributed by atoms with Crippen molar-refractivity contribution in [3.05, 3.63) is 0 Å². The van der Waals surface area contributed by atoms with Crippen molar-refractivity contribution in [2.75, 3.05) is 26.9 Å². The van der Waals surface area contributed by atoms with Crippen LogP contribution in [0.4, 0.5) is 0 Å². The largest absolute Gasteiger partial charge is 0.469 e. The van der Waals surface area contributed by atoms with Gasteiger partial charge in [-0.25, -0.2) is 0 Å². The normalized spacial score (nSPS) is 13.3. The quantitative estimate of drug-likeness (QED) is 0.378. The molecule has 0 bridgehead atoms. The molecule has 0 aliphatic carbocycles. The Hall–Kier alpha value is -1.63. The molecule has 0 amide bonds. The number of hydrogen-bond acceptors (Lipinski definition) is 7. The molecule has 7 heteroatoms. The summed E-state index contributed by atoms with van der Waals surface area (Å²) in [6.07, 6.45) is -0.171. The summed E-state index contributed by atoms with van der Waals surface area (Å²) >= 11 is 0.